The van der Waals surface area contributed by atoms with E-state index < -0.39 is 19.0 Å². The first-order chi connectivity index (χ1) is 18.3. The normalized spacial score (nSPS) is 25.2. The van der Waals surface area contributed by atoms with Gasteiger partial charge >= 0.3 is 7.12 Å². The van der Waals surface area contributed by atoms with Crippen molar-refractivity contribution in [1.82, 2.24) is 0 Å². The third kappa shape index (κ3) is 4.84. The molecule has 5 rings (SSSR count). The molecule has 2 aliphatic heterocycles. The van der Waals surface area contributed by atoms with Gasteiger partial charge in [0.1, 0.15) is 5.75 Å². The van der Waals surface area contributed by atoms with Crippen LogP contribution < -0.4 is 10.4 Å². The maximum Gasteiger partial charge on any atom is 0.488 e. The maximum absolute atomic E-state index is 13.7. The summed E-state index contributed by atoms with van der Waals surface area (Å²) >= 11 is 0. The van der Waals surface area contributed by atoms with Crippen LogP contribution in [0.4, 0.5) is 5.69 Å². The quantitative estimate of drug-likeness (QED) is 0.282. The summed E-state index contributed by atoms with van der Waals surface area (Å²) in [7, 11) is -1.68. The number of phenols is 1. The summed E-state index contributed by atoms with van der Waals surface area (Å²) in [5.74, 6) is -1.22. The van der Waals surface area contributed by atoms with Crippen molar-refractivity contribution in [2.75, 3.05) is 11.5 Å². The molecule has 0 bridgehead atoms. The van der Waals surface area contributed by atoms with E-state index in [1.54, 1.807) is 30.3 Å². The van der Waals surface area contributed by atoms with E-state index in [0.717, 1.165) is 36.8 Å². The number of nitrogens with zero attached hydrogens (tertiary/aromatic N) is 1. The molecule has 2 aromatic carbocycles. The Kier molecular flexibility index (Phi) is 7.57. The van der Waals surface area contributed by atoms with E-state index in [9.17, 15) is 24.7 Å². The summed E-state index contributed by atoms with van der Waals surface area (Å²) in [5.41, 5.74) is 4.97. The lowest BCUT2D eigenvalue weighted by Gasteiger charge is -2.31. The second kappa shape index (κ2) is 10.9. The van der Waals surface area contributed by atoms with Crippen LogP contribution in [0, 0.1) is 17.8 Å². The number of hydrogen-bond acceptors (Lipinski definition) is 6. The number of amides is 2. The van der Waals surface area contributed by atoms with Gasteiger partial charge in [0.05, 0.1) is 30.2 Å². The number of carbonyl (C=O) groups excluding carboxylic acids is 2. The first-order valence-electron chi connectivity index (χ1n) is 13.4. The van der Waals surface area contributed by atoms with Crippen LogP contribution >= 0.6 is 0 Å². The summed E-state index contributed by atoms with van der Waals surface area (Å²) < 4.78 is 6.30. The van der Waals surface area contributed by atoms with Gasteiger partial charge in [-0.15, -0.1) is 0 Å². The Bertz CT molecular complexity index is 1300. The molecule has 3 N–H and O–H groups in total. The van der Waals surface area contributed by atoms with Crippen molar-refractivity contribution in [2.24, 2.45) is 17.8 Å². The lowest BCUT2D eigenvalue weighted by Crippen LogP contribution is -2.35. The Balaban J connectivity index is 1.38. The van der Waals surface area contributed by atoms with Crippen molar-refractivity contribution >= 4 is 36.2 Å². The molecule has 2 fully saturated rings. The minimum Gasteiger partial charge on any atom is -0.507 e. The minimum atomic E-state index is -1.68. The predicted octanol–water partition coefficient (Wildman–Crippen LogP) is 3.58. The minimum absolute atomic E-state index is 0.0972. The van der Waals surface area contributed by atoms with E-state index in [0.29, 0.717) is 18.7 Å². The van der Waals surface area contributed by atoms with Crippen molar-refractivity contribution in [3.63, 3.8) is 0 Å². The van der Waals surface area contributed by atoms with Gasteiger partial charge in [0.2, 0.25) is 11.8 Å². The number of hydrogen-bond donors (Lipinski definition) is 3. The van der Waals surface area contributed by atoms with Gasteiger partial charge < -0.3 is 19.9 Å². The van der Waals surface area contributed by atoms with Gasteiger partial charge in [0.15, 0.2) is 0 Å². The van der Waals surface area contributed by atoms with E-state index >= 15 is 0 Å². The third-order valence-corrected chi connectivity index (χ3v) is 8.13. The van der Waals surface area contributed by atoms with Gasteiger partial charge in [-0.1, -0.05) is 60.9 Å². The first kappa shape index (κ1) is 26.4. The van der Waals surface area contributed by atoms with E-state index in [4.69, 9.17) is 4.74 Å². The number of allylic oxidation sites excluding steroid dienone is 2. The zero-order chi connectivity index (χ0) is 27.0. The molecular formula is C30H34BNO6. The Labute approximate surface area is 223 Å². The van der Waals surface area contributed by atoms with Crippen LogP contribution in [-0.4, -0.2) is 46.8 Å². The number of fused-ring (bicyclic) bond motifs is 3. The van der Waals surface area contributed by atoms with Gasteiger partial charge in [0, 0.05) is 11.5 Å². The van der Waals surface area contributed by atoms with Crippen molar-refractivity contribution < 1.29 is 29.5 Å². The van der Waals surface area contributed by atoms with Crippen LogP contribution in [0.25, 0.3) is 6.08 Å². The Morgan fingerprint density at radius 1 is 1.11 bits per heavy atom. The molecule has 3 aliphatic rings. The van der Waals surface area contributed by atoms with Crippen molar-refractivity contribution in [2.45, 2.75) is 52.1 Å². The van der Waals surface area contributed by atoms with Gasteiger partial charge in [-0.3, -0.25) is 14.5 Å². The van der Waals surface area contributed by atoms with Crippen LogP contribution in [0.1, 0.15) is 51.5 Å². The highest BCUT2D eigenvalue weighted by Crippen LogP contribution is 2.51. The molecule has 1 aliphatic carbocycles. The molecule has 7 nitrogen and oxygen atoms in total. The number of anilines is 1. The Hall–Kier alpha value is -3.20. The number of imide groups is 1. The number of phenolic OH excluding ortho intramolecular Hbond substituents is 1. The van der Waals surface area contributed by atoms with Gasteiger partial charge in [-0.2, -0.15) is 0 Å². The smallest absolute Gasteiger partial charge is 0.488 e. The lowest BCUT2D eigenvalue weighted by atomic mass is 9.68. The number of ether oxygens (including phenoxy) is 1. The molecule has 2 aromatic rings. The summed E-state index contributed by atoms with van der Waals surface area (Å²) in [6, 6.07) is 13.6. The topological polar surface area (TPSA) is 107 Å². The first-order valence-corrected chi connectivity index (χ1v) is 13.4. The molecule has 0 unspecified atom stereocenters. The SMILES string of the molecule is CCCC1=C2[C@@H](CC/C(C)=C/c3ccccc3O)OC[C@@H]2[C@@H]2C(=O)N(c3cccc(B(O)O)c3)C(=O)[C@@H]2C1. The van der Waals surface area contributed by atoms with E-state index in [1.807, 2.05) is 25.1 Å². The fourth-order valence-corrected chi connectivity index (χ4v) is 6.40. The Morgan fingerprint density at radius 3 is 2.63 bits per heavy atom. The molecular weight excluding hydrogens is 481 g/mol. The van der Waals surface area contributed by atoms with Gasteiger partial charge in [-0.05, 0) is 61.8 Å². The molecule has 2 heterocycles. The number of carbonyl (C=O) groups is 2. The van der Waals surface area contributed by atoms with Crippen LogP contribution in [0.15, 0.2) is 65.3 Å². The van der Waals surface area contributed by atoms with Crippen LogP contribution in [-0.2, 0) is 14.3 Å². The molecule has 4 atom stereocenters. The fraction of sp³-hybridized carbons (Fsp3) is 0.400. The van der Waals surface area contributed by atoms with Crippen molar-refractivity contribution in [1.29, 1.82) is 0 Å². The van der Waals surface area contributed by atoms with Crippen LogP contribution in [0.2, 0.25) is 0 Å². The Morgan fingerprint density at radius 2 is 1.89 bits per heavy atom. The van der Waals surface area contributed by atoms with Crippen LogP contribution in [0.5, 0.6) is 5.75 Å². The van der Waals surface area contributed by atoms with Crippen LogP contribution in [0.3, 0.4) is 0 Å². The molecule has 2 saturated heterocycles. The number of benzene rings is 2. The maximum atomic E-state index is 13.7. The predicted molar refractivity (Wildman–Crippen MR) is 147 cm³/mol. The molecule has 38 heavy (non-hydrogen) atoms. The molecule has 2 amide bonds. The molecule has 0 spiro atoms. The van der Waals surface area contributed by atoms with E-state index in [1.165, 1.54) is 22.1 Å². The fourth-order valence-electron chi connectivity index (χ4n) is 6.40. The summed E-state index contributed by atoms with van der Waals surface area (Å²) in [5, 5.41) is 29.3. The highest BCUT2D eigenvalue weighted by atomic mass is 16.5. The summed E-state index contributed by atoms with van der Waals surface area (Å²) in [4.78, 5) is 28.5. The second-order valence-corrected chi connectivity index (χ2v) is 10.6. The summed E-state index contributed by atoms with van der Waals surface area (Å²) in [6.45, 7) is 4.59. The average Bonchev–Trinajstić information content (AvgIpc) is 3.43. The zero-order valence-electron chi connectivity index (χ0n) is 21.8. The third-order valence-electron chi connectivity index (χ3n) is 8.13. The van der Waals surface area contributed by atoms with Gasteiger partial charge in [-0.25, -0.2) is 0 Å². The molecule has 0 saturated carbocycles. The largest absolute Gasteiger partial charge is 0.507 e. The number of rotatable bonds is 8. The average molecular weight is 515 g/mol. The van der Waals surface area contributed by atoms with Gasteiger partial charge in [0.25, 0.3) is 0 Å². The summed E-state index contributed by atoms with van der Waals surface area (Å²) in [6.07, 6.45) is 5.83. The van der Waals surface area contributed by atoms with Crippen molar-refractivity contribution in [3.8, 4) is 5.75 Å². The lowest BCUT2D eigenvalue weighted by molar-refractivity contribution is -0.122. The monoisotopic (exact) mass is 515 g/mol. The zero-order valence-corrected chi connectivity index (χ0v) is 21.8. The molecule has 0 aromatic heterocycles. The highest BCUT2D eigenvalue weighted by molar-refractivity contribution is 6.58. The second-order valence-electron chi connectivity index (χ2n) is 10.6. The molecule has 198 valence electrons. The van der Waals surface area contributed by atoms with E-state index in [2.05, 4.69) is 6.92 Å². The number of aromatic hydroxyl groups is 1. The molecule has 0 radical (unpaired) electrons. The molecule has 8 heteroatoms. The standard InChI is InChI=1S/C30H34BNO6/c1-3-7-20-15-23-28(30(35)32(29(23)34)22-10-6-9-21(16-22)31(36)37)24-17-38-26(27(20)24)13-12-18(2)14-19-8-4-5-11-25(19)33/h4-6,8-11,14,16,23-24,26,28,33,36-37H,3,7,12-13,15,17H2,1-2H3/b18-14+/t23-,24+,26-,28-/m1/s1. The van der Waals surface area contributed by atoms with E-state index in [-0.39, 0.29) is 35.0 Å². The number of para-hydroxylation sites is 1. The highest BCUT2D eigenvalue weighted by Gasteiger charge is 2.57. The van der Waals surface area contributed by atoms with Crippen molar-refractivity contribution in [3.05, 3.63) is 70.8 Å².